The lowest BCUT2D eigenvalue weighted by molar-refractivity contribution is -0.141. The highest BCUT2D eigenvalue weighted by molar-refractivity contribution is 6.05. The first-order valence-electron chi connectivity index (χ1n) is 5.70. The molecule has 92 valence electrons. The molecule has 0 bridgehead atoms. The van der Waals surface area contributed by atoms with Gasteiger partial charge >= 0.3 is 0 Å². The van der Waals surface area contributed by atoms with Crippen molar-refractivity contribution in [3.8, 4) is 0 Å². The van der Waals surface area contributed by atoms with Crippen molar-refractivity contribution in [3.05, 3.63) is 0 Å². The number of ether oxygens (including phenoxy) is 1. The van der Waals surface area contributed by atoms with Gasteiger partial charge in [0.25, 0.3) is 0 Å². The standard InChI is InChI=1S/C11H20N2O3/c1-4-8(2)13-10(14)7-9(11(13)15)12-5-6-16-3/h8-9,12H,4-7H2,1-3H3. The summed E-state index contributed by atoms with van der Waals surface area (Å²) in [6, 6.07) is -0.370. The number of hydrogen-bond donors (Lipinski definition) is 1. The molecule has 1 rings (SSSR count). The van der Waals surface area contributed by atoms with E-state index >= 15 is 0 Å². The van der Waals surface area contributed by atoms with E-state index in [1.54, 1.807) is 7.11 Å². The monoisotopic (exact) mass is 228 g/mol. The van der Waals surface area contributed by atoms with Crippen molar-refractivity contribution in [2.24, 2.45) is 0 Å². The first-order chi connectivity index (χ1) is 7.61. The molecule has 5 nitrogen and oxygen atoms in total. The summed E-state index contributed by atoms with van der Waals surface area (Å²) in [7, 11) is 1.61. The average Bonchev–Trinajstić information content (AvgIpc) is 2.54. The van der Waals surface area contributed by atoms with Crippen LogP contribution >= 0.6 is 0 Å². The van der Waals surface area contributed by atoms with Gasteiger partial charge in [-0.25, -0.2) is 0 Å². The third kappa shape index (κ3) is 2.80. The molecule has 2 unspecified atom stereocenters. The Hall–Kier alpha value is -0.940. The topological polar surface area (TPSA) is 58.6 Å². The van der Waals surface area contributed by atoms with Gasteiger partial charge in [0.05, 0.1) is 19.1 Å². The minimum atomic E-state index is -0.364. The van der Waals surface area contributed by atoms with Gasteiger partial charge in [0.2, 0.25) is 11.8 Å². The van der Waals surface area contributed by atoms with Crippen LogP contribution in [0.15, 0.2) is 0 Å². The molecular formula is C11H20N2O3. The van der Waals surface area contributed by atoms with E-state index in [4.69, 9.17) is 4.74 Å². The van der Waals surface area contributed by atoms with Crippen molar-refractivity contribution in [2.45, 2.75) is 38.8 Å². The van der Waals surface area contributed by atoms with Crippen LogP contribution in [-0.2, 0) is 14.3 Å². The number of imide groups is 1. The number of rotatable bonds is 6. The van der Waals surface area contributed by atoms with Gasteiger partial charge in [-0.1, -0.05) is 6.92 Å². The third-order valence-corrected chi connectivity index (χ3v) is 2.91. The van der Waals surface area contributed by atoms with Crippen molar-refractivity contribution >= 4 is 11.8 Å². The molecule has 0 aromatic heterocycles. The fraction of sp³-hybridized carbons (Fsp3) is 0.818. The van der Waals surface area contributed by atoms with Crippen molar-refractivity contribution in [2.75, 3.05) is 20.3 Å². The summed E-state index contributed by atoms with van der Waals surface area (Å²) in [5.41, 5.74) is 0. The maximum atomic E-state index is 11.9. The normalized spacial score (nSPS) is 22.9. The molecule has 5 heteroatoms. The number of carbonyl (C=O) groups excluding carboxylic acids is 2. The highest BCUT2D eigenvalue weighted by Crippen LogP contribution is 2.17. The first kappa shape index (κ1) is 13.1. The minimum Gasteiger partial charge on any atom is -0.383 e. The molecule has 1 aliphatic heterocycles. The number of nitrogens with zero attached hydrogens (tertiary/aromatic N) is 1. The molecule has 1 fully saturated rings. The van der Waals surface area contributed by atoms with E-state index in [1.165, 1.54) is 4.90 Å². The smallest absolute Gasteiger partial charge is 0.247 e. The number of carbonyl (C=O) groups is 2. The van der Waals surface area contributed by atoms with E-state index < -0.39 is 0 Å². The number of nitrogens with one attached hydrogen (secondary N) is 1. The molecular weight excluding hydrogens is 208 g/mol. The molecule has 0 aliphatic carbocycles. The molecule has 1 N–H and O–H groups in total. The van der Waals surface area contributed by atoms with Crippen molar-refractivity contribution < 1.29 is 14.3 Å². The van der Waals surface area contributed by atoms with E-state index in [1.807, 2.05) is 13.8 Å². The second-order valence-electron chi connectivity index (χ2n) is 4.06. The van der Waals surface area contributed by atoms with Gasteiger partial charge in [0.1, 0.15) is 0 Å². The van der Waals surface area contributed by atoms with Gasteiger partial charge in [-0.15, -0.1) is 0 Å². The molecule has 1 heterocycles. The summed E-state index contributed by atoms with van der Waals surface area (Å²) in [6.07, 6.45) is 1.06. The van der Waals surface area contributed by atoms with Gasteiger partial charge in [-0.2, -0.15) is 0 Å². The summed E-state index contributed by atoms with van der Waals surface area (Å²) in [5, 5.41) is 3.03. The summed E-state index contributed by atoms with van der Waals surface area (Å²) in [5.74, 6) is -0.176. The van der Waals surface area contributed by atoms with Crippen LogP contribution in [0.2, 0.25) is 0 Å². The lowest BCUT2D eigenvalue weighted by Crippen LogP contribution is -2.43. The zero-order chi connectivity index (χ0) is 12.1. The largest absolute Gasteiger partial charge is 0.383 e. The number of hydrogen-bond acceptors (Lipinski definition) is 4. The van der Waals surface area contributed by atoms with Crippen molar-refractivity contribution in [3.63, 3.8) is 0 Å². The third-order valence-electron chi connectivity index (χ3n) is 2.91. The fourth-order valence-corrected chi connectivity index (χ4v) is 1.79. The van der Waals surface area contributed by atoms with E-state index in [0.29, 0.717) is 13.2 Å². The van der Waals surface area contributed by atoms with Gasteiger partial charge in [0, 0.05) is 19.7 Å². The molecule has 1 saturated heterocycles. The highest BCUT2D eigenvalue weighted by Gasteiger charge is 2.39. The van der Waals surface area contributed by atoms with Gasteiger partial charge in [-0.05, 0) is 13.3 Å². The molecule has 16 heavy (non-hydrogen) atoms. The Kier molecular flexibility index (Phi) is 4.89. The summed E-state index contributed by atoms with van der Waals surface area (Å²) in [6.45, 7) is 5.00. The Morgan fingerprint density at radius 1 is 1.56 bits per heavy atom. The molecule has 0 aromatic rings. The van der Waals surface area contributed by atoms with E-state index in [-0.39, 0.29) is 30.3 Å². The lowest BCUT2D eigenvalue weighted by Gasteiger charge is -2.21. The Labute approximate surface area is 96.1 Å². The molecule has 2 amide bonds. The molecule has 0 radical (unpaired) electrons. The van der Waals surface area contributed by atoms with E-state index in [2.05, 4.69) is 5.32 Å². The molecule has 0 saturated carbocycles. The second-order valence-corrected chi connectivity index (χ2v) is 4.06. The Morgan fingerprint density at radius 2 is 2.25 bits per heavy atom. The lowest BCUT2D eigenvalue weighted by atomic mass is 10.2. The summed E-state index contributed by atoms with van der Waals surface area (Å²) in [4.78, 5) is 25.0. The van der Waals surface area contributed by atoms with E-state index in [9.17, 15) is 9.59 Å². The summed E-state index contributed by atoms with van der Waals surface area (Å²) >= 11 is 0. The Bertz CT molecular complexity index is 268. The fourth-order valence-electron chi connectivity index (χ4n) is 1.79. The predicted octanol–water partition coefficient (Wildman–Crippen LogP) is 0.148. The number of amides is 2. The van der Waals surface area contributed by atoms with Crippen LogP contribution in [-0.4, -0.2) is 49.1 Å². The van der Waals surface area contributed by atoms with Crippen LogP contribution in [0.25, 0.3) is 0 Å². The number of methoxy groups -OCH3 is 1. The average molecular weight is 228 g/mol. The zero-order valence-electron chi connectivity index (χ0n) is 10.2. The number of likely N-dealkylation sites (tertiary alicyclic amines) is 1. The molecule has 0 spiro atoms. The van der Waals surface area contributed by atoms with Crippen LogP contribution in [0.5, 0.6) is 0 Å². The molecule has 2 atom stereocenters. The minimum absolute atomic E-state index is 0.00535. The second kappa shape index (κ2) is 5.96. The Balaban J connectivity index is 2.53. The highest BCUT2D eigenvalue weighted by atomic mass is 16.5. The zero-order valence-corrected chi connectivity index (χ0v) is 10.2. The first-order valence-corrected chi connectivity index (χ1v) is 5.70. The maximum Gasteiger partial charge on any atom is 0.247 e. The van der Waals surface area contributed by atoms with Crippen LogP contribution in [0.4, 0.5) is 0 Å². The van der Waals surface area contributed by atoms with Gasteiger partial charge < -0.3 is 10.1 Å². The molecule has 1 aliphatic rings. The quantitative estimate of drug-likeness (QED) is 0.519. The van der Waals surface area contributed by atoms with Crippen molar-refractivity contribution in [1.29, 1.82) is 0 Å². The van der Waals surface area contributed by atoms with Crippen LogP contribution in [0.1, 0.15) is 26.7 Å². The Morgan fingerprint density at radius 3 is 2.81 bits per heavy atom. The van der Waals surface area contributed by atoms with E-state index in [0.717, 1.165) is 6.42 Å². The predicted molar refractivity (Wildman–Crippen MR) is 59.9 cm³/mol. The SMILES string of the molecule is CCC(C)N1C(=O)CC(NCCOC)C1=O. The maximum absolute atomic E-state index is 11.9. The van der Waals surface area contributed by atoms with Crippen LogP contribution < -0.4 is 5.32 Å². The van der Waals surface area contributed by atoms with Crippen molar-refractivity contribution in [1.82, 2.24) is 10.2 Å². The summed E-state index contributed by atoms with van der Waals surface area (Å²) < 4.78 is 4.89. The van der Waals surface area contributed by atoms with Crippen LogP contribution in [0, 0.1) is 0 Å². The van der Waals surface area contributed by atoms with Gasteiger partial charge in [-0.3, -0.25) is 14.5 Å². The molecule has 0 aromatic carbocycles. The van der Waals surface area contributed by atoms with Gasteiger partial charge in [0.15, 0.2) is 0 Å². The van der Waals surface area contributed by atoms with Crippen LogP contribution in [0.3, 0.4) is 0 Å².